The van der Waals surface area contributed by atoms with Gasteiger partial charge in [-0.3, -0.25) is 9.59 Å². The van der Waals surface area contributed by atoms with Gasteiger partial charge in [-0.1, -0.05) is 42.5 Å². The number of amides is 2. The van der Waals surface area contributed by atoms with Gasteiger partial charge in [-0.15, -0.1) is 0 Å². The van der Waals surface area contributed by atoms with E-state index in [-0.39, 0.29) is 17.7 Å². The minimum atomic E-state index is 0.106. The lowest BCUT2D eigenvalue weighted by atomic mass is 10.0. The molecule has 4 nitrogen and oxygen atoms in total. The largest absolute Gasteiger partial charge is 0.341 e. The summed E-state index contributed by atoms with van der Waals surface area (Å²) in [5, 5.41) is 2.48. The Morgan fingerprint density at radius 1 is 0.920 bits per heavy atom. The van der Waals surface area contributed by atoms with Gasteiger partial charge in [0.15, 0.2) is 0 Å². The molecule has 0 radical (unpaired) electrons. The molecular formula is C21H24N2O2. The van der Waals surface area contributed by atoms with E-state index in [0.29, 0.717) is 19.0 Å². The first-order chi connectivity index (χ1) is 12.1. The molecule has 0 aromatic heterocycles. The lowest BCUT2D eigenvalue weighted by Crippen LogP contribution is -2.37. The summed E-state index contributed by atoms with van der Waals surface area (Å²) in [6, 6.07) is 14.9. The van der Waals surface area contributed by atoms with Crippen LogP contribution < -0.4 is 0 Å². The molecule has 1 aliphatic carbocycles. The molecule has 2 amide bonds. The molecule has 2 atom stereocenters. The Kier molecular flexibility index (Phi) is 4.20. The smallest absolute Gasteiger partial charge is 0.226 e. The van der Waals surface area contributed by atoms with Crippen LogP contribution in [0.2, 0.25) is 0 Å². The van der Waals surface area contributed by atoms with Crippen molar-refractivity contribution in [3.8, 4) is 0 Å². The summed E-state index contributed by atoms with van der Waals surface area (Å²) in [6.45, 7) is 4.46. The van der Waals surface area contributed by atoms with E-state index in [1.165, 1.54) is 16.3 Å². The van der Waals surface area contributed by atoms with Crippen molar-refractivity contribution in [1.29, 1.82) is 0 Å². The van der Waals surface area contributed by atoms with Crippen molar-refractivity contribution < 1.29 is 9.59 Å². The average molecular weight is 336 g/mol. The number of fused-ring (bicyclic) bond motifs is 1. The number of rotatable bonds is 2. The first-order valence-corrected chi connectivity index (χ1v) is 9.16. The second-order valence-corrected chi connectivity index (χ2v) is 7.24. The molecule has 4 heteroatoms. The maximum Gasteiger partial charge on any atom is 0.226 e. The zero-order chi connectivity index (χ0) is 17.4. The Hall–Kier alpha value is -2.36. The molecule has 1 aliphatic heterocycles. The van der Waals surface area contributed by atoms with Crippen molar-refractivity contribution in [3.63, 3.8) is 0 Å². The van der Waals surface area contributed by atoms with Gasteiger partial charge in [0.05, 0.1) is 0 Å². The van der Waals surface area contributed by atoms with E-state index in [9.17, 15) is 9.59 Å². The van der Waals surface area contributed by atoms with E-state index in [4.69, 9.17) is 0 Å². The Bertz CT molecular complexity index is 816. The van der Waals surface area contributed by atoms with Gasteiger partial charge < -0.3 is 9.80 Å². The van der Waals surface area contributed by atoms with Crippen molar-refractivity contribution in [1.82, 2.24) is 9.80 Å². The van der Waals surface area contributed by atoms with Crippen LogP contribution >= 0.6 is 0 Å². The molecule has 1 saturated heterocycles. The fourth-order valence-corrected chi connectivity index (χ4v) is 3.96. The van der Waals surface area contributed by atoms with Gasteiger partial charge in [0.25, 0.3) is 0 Å². The first kappa shape index (κ1) is 16.1. The van der Waals surface area contributed by atoms with E-state index in [0.717, 1.165) is 25.9 Å². The highest BCUT2D eigenvalue weighted by molar-refractivity contribution is 5.86. The van der Waals surface area contributed by atoms with Crippen LogP contribution in [0.25, 0.3) is 10.8 Å². The van der Waals surface area contributed by atoms with E-state index >= 15 is 0 Å². The van der Waals surface area contributed by atoms with Gasteiger partial charge in [-0.25, -0.2) is 0 Å². The number of benzene rings is 2. The molecule has 0 N–H and O–H groups in total. The molecule has 1 heterocycles. The standard InChI is InChI=1S/C21H24N2O2/c1-15(24)22-9-4-10-23(12-11-22)21(25)20-14-19(20)18-8-7-16-5-2-3-6-17(16)13-18/h2-3,5-8,13,19-20H,4,9-12,14H2,1H3/t19-,20+/m1/s1. The van der Waals surface area contributed by atoms with Crippen LogP contribution in [0.15, 0.2) is 42.5 Å². The number of carbonyl (C=O) groups excluding carboxylic acids is 2. The third kappa shape index (κ3) is 3.26. The molecule has 25 heavy (non-hydrogen) atoms. The van der Waals surface area contributed by atoms with Crippen LogP contribution in [0, 0.1) is 5.92 Å². The Labute approximate surface area is 148 Å². The molecule has 2 aromatic carbocycles. The average Bonchev–Trinajstić information content (AvgIpc) is 3.44. The molecular weight excluding hydrogens is 312 g/mol. The minimum Gasteiger partial charge on any atom is -0.341 e. The van der Waals surface area contributed by atoms with Gasteiger partial charge in [0.1, 0.15) is 0 Å². The zero-order valence-corrected chi connectivity index (χ0v) is 14.6. The highest BCUT2D eigenvalue weighted by Gasteiger charge is 2.45. The lowest BCUT2D eigenvalue weighted by molar-refractivity contribution is -0.133. The monoisotopic (exact) mass is 336 g/mol. The van der Waals surface area contributed by atoms with Crippen molar-refractivity contribution in [2.75, 3.05) is 26.2 Å². The van der Waals surface area contributed by atoms with Crippen LogP contribution in [0.1, 0.15) is 31.2 Å². The summed E-state index contributed by atoms with van der Waals surface area (Å²) in [5.41, 5.74) is 1.28. The van der Waals surface area contributed by atoms with Crippen LogP contribution in [0.5, 0.6) is 0 Å². The Morgan fingerprint density at radius 3 is 2.44 bits per heavy atom. The predicted octanol–water partition coefficient (Wildman–Crippen LogP) is 3.02. The molecule has 0 bridgehead atoms. The number of nitrogens with zero attached hydrogens (tertiary/aromatic N) is 2. The van der Waals surface area contributed by atoms with Crippen molar-refractivity contribution in [3.05, 3.63) is 48.0 Å². The highest BCUT2D eigenvalue weighted by atomic mass is 16.2. The summed E-state index contributed by atoms with van der Waals surface area (Å²) in [7, 11) is 0. The second-order valence-electron chi connectivity index (χ2n) is 7.24. The second kappa shape index (κ2) is 6.51. The van der Waals surface area contributed by atoms with Gasteiger partial charge in [0.2, 0.25) is 11.8 Å². The van der Waals surface area contributed by atoms with Gasteiger partial charge in [-0.2, -0.15) is 0 Å². The van der Waals surface area contributed by atoms with Crippen LogP contribution in [0.3, 0.4) is 0 Å². The SMILES string of the molecule is CC(=O)N1CCCN(C(=O)[C@H]2C[C@@H]2c2ccc3ccccc3c2)CC1. The van der Waals surface area contributed by atoms with E-state index in [2.05, 4.69) is 42.5 Å². The first-order valence-electron chi connectivity index (χ1n) is 9.16. The lowest BCUT2D eigenvalue weighted by Gasteiger charge is -2.21. The van der Waals surface area contributed by atoms with E-state index in [1.54, 1.807) is 6.92 Å². The number of hydrogen-bond acceptors (Lipinski definition) is 2. The normalized spacial score (nSPS) is 23.4. The third-order valence-corrected chi connectivity index (χ3v) is 5.56. The van der Waals surface area contributed by atoms with Gasteiger partial charge in [-0.05, 0) is 35.1 Å². The summed E-state index contributed by atoms with van der Waals surface area (Å²) in [6.07, 6.45) is 1.82. The van der Waals surface area contributed by atoms with Crippen LogP contribution in [-0.4, -0.2) is 47.8 Å². The predicted molar refractivity (Wildman–Crippen MR) is 98.2 cm³/mol. The van der Waals surface area contributed by atoms with E-state index in [1.807, 2.05) is 9.80 Å². The summed E-state index contributed by atoms with van der Waals surface area (Å²) >= 11 is 0. The van der Waals surface area contributed by atoms with Crippen LogP contribution in [-0.2, 0) is 9.59 Å². The van der Waals surface area contributed by atoms with Crippen molar-refractivity contribution >= 4 is 22.6 Å². The molecule has 1 saturated carbocycles. The Morgan fingerprint density at radius 2 is 1.64 bits per heavy atom. The fraction of sp³-hybridized carbons (Fsp3) is 0.429. The van der Waals surface area contributed by atoms with Gasteiger partial charge in [0, 0.05) is 39.0 Å². The fourth-order valence-electron chi connectivity index (χ4n) is 3.96. The molecule has 2 aromatic rings. The Balaban J connectivity index is 1.43. The van der Waals surface area contributed by atoms with Crippen LogP contribution in [0.4, 0.5) is 0 Å². The molecule has 2 aliphatic rings. The molecule has 130 valence electrons. The summed E-state index contributed by atoms with van der Waals surface area (Å²) < 4.78 is 0. The maximum atomic E-state index is 12.9. The van der Waals surface area contributed by atoms with Crippen molar-refractivity contribution in [2.24, 2.45) is 5.92 Å². The highest BCUT2D eigenvalue weighted by Crippen LogP contribution is 2.49. The van der Waals surface area contributed by atoms with Gasteiger partial charge >= 0.3 is 0 Å². The zero-order valence-electron chi connectivity index (χ0n) is 14.6. The molecule has 0 unspecified atom stereocenters. The number of carbonyl (C=O) groups is 2. The molecule has 2 fully saturated rings. The number of hydrogen-bond donors (Lipinski definition) is 0. The summed E-state index contributed by atoms with van der Waals surface area (Å²) in [5.74, 6) is 0.840. The third-order valence-electron chi connectivity index (χ3n) is 5.56. The topological polar surface area (TPSA) is 40.6 Å². The molecule has 0 spiro atoms. The molecule has 4 rings (SSSR count). The van der Waals surface area contributed by atoms with Crippen molar-refractivity contribution in [2.45, 2.75) is 25.7 Å². The summed E-state index contributed by atoms with van der Waals surface area (Å²) in [4.78, 5) is 28.2. The minimum absolute atomic E-state index is 0.106. The maximum absolute atomic E-state index is 12.9. The quantitative estimate of drug-likeness (QED) is 0.846. The van der Waals surface area contributed by atoms with E-state index < -0.39 is 0 Å².